The van der Waals surface area contributed by atoms with Gasteiger partial charge in [-0.05, 0) is 42.3 Å². The standard InChI is InChI=1S/C23H30N4O/c1-18(28)27-17-20(22-4-2-3-5-23(22)27)10-11-25-12-14-26(15-13-25)21-8-6-19(16-24)7-9-21/h2-9,20H,10-17,24H2,1H3. The Hall–Kier alpha value is -2.37. The number of nitrogens with zero attached hydrogens (tertiary/aromatic N) is 3. The average Bonchev–Trinajstić information content (AvgIpc) is 3.12. The average molecular weight is 379 g/mol. The summed E-state index contributed by atoms with van der Waals surface area (Å²) in [4.78, 5) is 18.9. The number of hydrogen-bond acceptors (Lipinski definition) is 4. The maximum atomic E-state index is 12.0. The lowest BCUT2D eigenvalue weighted by Crippen LogP contribution is -2.46. The van der Waals surface area contributed by atoms with E-state index in [4.69, 9.17) is 5.73 Å². The largest absolute Gasteiger partial charge is 0.369 e. The number of fused-ring (bicyclic) bond motifs is 1. The first-order chi connectivity index (χ1) is 13.7. The van der Waals surface area contributed by atoms with Crippen LogP contribution in [0.2, 0.25) is 0 Å². The predicted molar refractivity (Wildman–Crippen MR) is 115 cm³/mol. The molecule has 1 fully saturated rings. The number of rotatable bonds is 5. The Kier molecular flexibility index (Phi) is 5.64. The molecule has 4 rings (SSSR count). The van der Waals surface area contributed by atoms with Crippen LogP contribution in [0.3, 0.4) is 0 Å². The van der Waals surface area contributed by atoms with Crippen LogP contribution in [0, 0.1) is 0 Å². The van der Waals surface area contributed by atoms with Crippen LogP contribution in [-0.2, 0) is 11.3 Å². The van der Waals surface area contributed by atoms with Crippen molar-refractivity contribution in [3.05, 3.63) is 59.7 Å². The number of amides is 1. The SMILES string of the molecule is CC(=O)N1CC(CCN2CCN(c3ccc(CN)cc3)CC2)c2ccccc21. The number of hydrogen-bond donors (Lipinski definition) is 1. The summed E-state index contributed by atoms with van der Waals surface area (Å²) in [6.45, 7) is 8.46. The fraction of sp³-hybridized carbons (Fsp3) is 0.435. The highest BCUT2D eigenvalue weighted by Gasteiger charge is 2.30. The molecular weight excluding hydrogens is 348 g/mol. The van der Waals surface area contributed by atoms with Crippen LogP contribution < -0.4 is 15.5 Å². The second-order valence-corrected chi connectivity index (χ2v) is 7.87. The van der Waals surface area contributed by atoms with Crippen LogP contribution in [0.5, 0.6) is 0 Å². The second-order valence-electron chi connectivity index (χ2n) is 7.87. The zero-order valence-electron chi connectivity index (χ0n) is 16.7. The van der Waals surface area contributed by atoms with E-state index in [1.165, 1.54) is 16.8 Å². The molecule has 0 bridgehead atoms. The number of anilines is 2. The molecule has 0 saturated carbocycles. The monoisotopic (exact) mass is 378 g/mol. The summed E-state index contributed by atoms with van der Waals surface area (Å²) in [5.74, 6) is 0.589. The highest BCUT2D eigenvalue weighted by Crippen LogP contribution is 2.38. The van der Waals surface area contributed by atoms with Crippen LogP contribution in [0.1, 0.15) is 30.4 Å². The van der Waals surface area contributed by atoms with Crippen molar-refractivity contribution in [2.45, 2.75) is 25.8 Å². The van der Waals surface area contributed by atoms with E-state index in [0.29, 0.717) is 12.5 Å². The van der Waals surface area contributed by atoms with Gasteiger partial charge in [0.1, 0.15) is 0 Å². The van der Waals surface area contributed by atoms with Gasteiger partial charge in [-0.25, -0.2) is 0 Å². The second kappa shape index (κ2) is 8.33. The van der Waals surface area contributed by atoms with E-state index in [1.54, 1.807) is 6.92 Å². The molecule has 148 valence electrons. The van der Waals surface area contributed by atoms with Crippen molar-refractivity contribution in [3.63, 3.8) is 0 Å². The summed E-state index contributed by atoms with van der Waals surface area (Å²) in [5.41, 5.74) is 10.6. The van der Waals surface area contributed by atoms with Crippen LogP contribution in [0.15, 0.2) is 48.5 Å². The van der Waals surface area contributed by atoms with Crippen LogP contribution in [0.4, 0.5) is 11.4 Å². The van der Waals surface area contributed by atoms with Gasteiger partial charge in [0.05, 0.1) is 0 Å². The van der Waals surface area contributed by atoms with Crippen molar-refractivity contribution in [2.75, 3.05) is 49.1 Å². The normalized spacial score (nSPS) is 19.7. The van der Waals surface area contributed by atoms with Gasteiger partial charge in [0, 0.05) is 63.5 Å². The first-order valence-electron chi connectivity index (χ1n) is 10.3. The van der Waals surface area contributed by atoms with Crippen molar-refractivity contribution >= 4 is 17.3 Å². The number of piperazine rings is 1. The van der Waals surface area contributed by atoms with Gasteiger partial charge < -0.3 is 15.5 Å². The van der Waals surface area contributed by atoms with Gasteiger partial charge in [0.25, 0.3) is 0 Å². The topological polar surface area (TPSA) is 52.8 Å². The van der Waals surface area contributed by atoms with E-state index in [0.717, 1.165) is 51.4 Å². The third-order valence-corrected chi connectivity index (χ3v) is 6.15. The molecule has 28 heavy (non-hydrogen) atoms. The van der Waals surface area contributed by atoms with Gasteiger partial charge in [0.2, 0.25) is 5.91 Å². The molecule has 2 aromatic rings. The third kappa shape index (κ3) is 3.91. The molecule has 1 amide bonds. The lowest BCUT2D eigenvalue weighted by molar-refractivity contribution is -0.116. The molecule has 0 aromatic heterocycles. The molecule has 2 aromatic carbocycles. The molecule has 5 nitrogen and oxygen atoms in total. The molecule has 2 aliphatic heterocycles. The maximum Gasteiger partial charge on any atom is 0.223 e. The van der Waals surface area contributed by atoms with Gasteiger partial charge in [-0.1, -0.05) is 30.3 Å². The molecule has 2 N–H and O–H groups in total. The zero-order chi connectivity index (χ0) is 19.5. The molecule has 0 aliphatic carbocycles. The highest BCUT2D eigenvalue weighted by atomic mass is 16.2. The summed E-state index contributed by atoms with van der Waals surface area (Å²) in [5, 5.41) is 0. The van der Waals surface area contributed by atoms with Gasteiger partial charge >= 0.3 is 0 Å². The smallest absolute Gasteiger partial charge is 0.223 e. The molecule has 0 spiro atoms. The van der Waals surface area contributed by atoms with E-state index in [-0.39, 0.29) is 5.91 Å². The summed E-state index contributed by atoms with van der Waals surface area (Å²) in [6, 6.07) is 17.0. The number of benzene rings is 2. The minimum atomic E-state index is 0.143. The minimum Gasteiger partial charge on any atom is -0.369 e. The number of carbonyl (C=O) groups excluding carboxylic acids is 1. The first kappa shape index (κ1) is 19.0. The van der Waals surface area contributed by atoms with E-state index in [1.807, 2.05) is 11.0 Å². The van der Waals surface area contributed by atoms with E-state index in [9.17, 15) is 4.79 Å². The van der Waals surface area contributed by atoms with E-state index >= 15 is 0 Å². The third-order valence-electron chi connectivity index (χ3n) is 6.15. The molecular formula is C23H30N4O. The number of carbonyl (C=O) groups is 1. The maximum absolute atomic E-state index is 12.0. The molecule has 1 atom stereocenters. The predicted octanol–water partition coefficient (Wildman–Crippen LogP) is 2.81. The number of nitrogens with two attached hydrogens (primary N) is 1. The summed E-state index contributed by atoms with van der Waals surface area (Å²) in [6.07, 6.45) is 1.10. The van der Waals surface area contributed by atoms with Crippen molar-refractivity contribution in [1.82, 2.24) is 4.90 Å². The van der Waals surface area contributed by atoms with Crippen molar-refractivity contribution in [1.29, 1.82) is 0 Å². The van der Waals surface area contributed by atoms with Crippen molar-refractivity contribution in [2.24, 2.45) is 5.73 Å². The fourth-order valence-corrected chi connectivity index (χ4v) is 4.45. The molecule has 5 heteroatoms. The summed E-state index contributed by atoms with van der Waals surface area (Å²) >= 11 is 0. The molecule has 2 heterocycles. The molecule has 2 aliphatic rings. The number of para-hydroxylation sites is 1. The quantitative estimate of drug-likeness (QED) is 0.869. The Bertz CT molecular complexity index is 812. The summed E-state index contributed by atoms with van der Waals surface area (Å²) in [7, 11) is 0. The van der Waals surface area contributed by atoms with E-state index in [2.05, 4.69) is 52.3 Å². The van der Waals surface area contributed by atoms with E-state index < -0.39 is 0 Å². The van der Waals surface area contributed by atoms with Crippen LogP contribution in [0.25, 0.3) is 0 Å². The summed E-state index contributed by atoms with van der Waals surface area (Å²) < 4.78 is 0. The van der Waals surface area contributed by atoms with Gasteiger partial charge in [-0.3, -0.25) is 9.69 Å². The first-order valence-corrected chi connectivity index (χ1v) is 10.3. The molecule has 0 radical (unpaired) electrons. The Balaban J connectivity index is 1.30. The molecule has 1 saturated heterocycles. The lowest BCUT2D eigenvalue weighted by atomic mass is 9.97. The van der Waals surface area contributed by atoms with Gasteiger partial charge in [-0.15, -0.1) is 0 Å². The van der Waals surface area contributed by atoms with Crippen molar-refractivity contribution < 1.29 is 4.79 Å². The lowest BCUT2D eigenvalue weighted by Gasteiger charge is -2.36. The van der Waals surface area contributed by atoms with Crippen LogP contribution >= 0.6 is 0 Å². The minimum absolute atomic E-state index is 0.143. The van der Waals surface area contributed by atoms with Crippen LogP contribution in [-0.4, -0.2) is 50.1 Å². The molecule has 1 unspecified atom stereocenters. The highest BCUT2D eigenvalue weighted by molar-refractivity contribution is 5.94. The zero-order valence-corrected chi connectivity index (χ0v) is 16.7. The Morgan fingerprint density at radius 1 is 1.04 bits per heavy atom. The Labute approximate surface area is 167 Å². The Morgan fingerprint density at radius 2 is 1.75 bits per heavy atom. The fourth-order valence-electron chi connectivity index (χ4n) is 4.45. The Morgan fingerprint density at radius 3 is 2.43 bits per heavy atom. The van der Waals surface area contributed by atoms with Gasteiger partial charge in [-0.2, -0.15) is 0 Å². The van der Waals surface area contributed by atoms with Gasteiger partial charge in [0.15, 0.2) is 0 Å². The van der Waals surface area contributed by atoms with Crippen molar-refractivity contribution in [3.8, 4) is 0 Å².